The van der Waals surface area contributed by atoms with Crippen molar-refractivity contribution in [2.24, 2.45) is 5.92 Å². The molecule has 7 heteroatoms. The molecule has 0 radical (unpaired) electrons. The van der Waals surface area contributed by atoms with Crippen LogP contribution in [0.1, 0.15) is 18.2 Å². The summed E-state index contributed by atoms with van der Waals surface area (Å²) in [5.74, 6) is -0.276. The van der Waals surface area contributed by atoms with Crippen molar-refractivity contribution in [2.75, 3.05) is 6.61 Å². The molecule has 1 saturated carbocycles. The SMILES string of the molecule is OCC1CC(c2nn[nH]n2)C(O)C1O. The number of aliphatic hydroxyl groups is 3. The van der Waals surface area contributed by atoms with Crippen LogP contribution in [0.15, 0.2) is 0 Å². The van der Waals surface area contributed by atoms with Crippen LogP contribution in [0.5, 0.6) is 0 Å². The van der Waals surface area contributed by atoms with Gasteiger partial charge in [-0.05, 0) is 6.42 Å². The second-order valence-corrected chi connectivity index (χ2v) is 3.54. The Morgan fingerprint density at radius 3 is 2.64 bits per heavy atom. The zero-order chi connectivity index (χ0) is 10.1. The fourth-order valence-electron chi connectivity index (χ4n) is 1.89. The number of aromatic amines is 1. The predicted molar refractivity (Wildman–Crippen MR) is 44.1 cm³/mol. The first-order valence-electron chi connectivity index (χ1n) is 4.44. The zero-order valence-electron chi connectivity index (χ0n) is 7.41. The van der Waals surface area contributed by atoms with Gasteiger partial charge < -0.3 is 15.3 Å². The number of hydrogen-bond donors (Lipinski definition) is 4. The molecule has 0 bridgehead atoms. The summed E-state index contributed by atoms with van der Waals surface area (Å²) in [5.41, 5.74) is 0. The van der Waals surface area contributed by atoms with E-state index in [9.17, 15) is 10.2 Å². The maximum atomic E-state index is 9.65. The van der Waals surface area contributed by atoms with Crippen LogP contribution in [0, 0.1) is 5.92 Å². The molecule has 1 heterocycles. The number of H-pyrrole nitrogens is 1. The average Bonchev–Trinajstić information content (AvgIpc) is 2.78. The van der Waals surface area contributed by atoms with Gasteiger partial charge in [-0.15, -0.1) is 10.2 Å². The number of hydrogen-bond acceptors (Lipinski definition) is 6. The minimum Gasteiger partial charge on any atom is -0.396 e. The van der Waals surface area contributed by atoms with Gasteiger partial charge in [0.25, 0.3) is 0 Å². The fourth-order valence-corrected chi connectivity index (χ4v) is 1.89. The third-order valence-corrected chi connectivity index (χ3v) is 2.73. The summed E-state index contributed by atoms with van der Waals surface area (Å²) in [6.07, 6.45) is -1.37. The van der Waals surface area contributed by atoms with Crippen molar-refractivity contribution in [2.45, 2.75) is 24.5 Å². The topological polar surface area (TPSA) is 115 Å². The van der Waals surface area contributed by atoms with Crippen LogP contribution < -0.4 is 0 Å². The molecular formula is C7H12N4O3. The summed E-state index contributed by atoms with van der Waals surface area (Å²) >= 11 is 0. The first kappa shape index (κ1) is 9.50. The van der Waals surface area contributed by atoms with E-state index >= 15 is 0 Å². The summed E-state index contributed by atoms with van der Waals surface area (Å²) in [4.78, 5) is 0. The van der Waals surface area contributed by atoms with Crippen LogP contribution in [-0.4, -0.2) is 54.8 Å². The average molecular weight is 200 g/mol. The number of nitrogens with one attached hydrogen (secondary N) is 1. The van der Waals surface area contributed by atoms with Crippen LogP contribution >= 0.6 is 0 Å². The van der Waals surface area contributed by atoms with E-state index in [1.54, 1.807) is 0 Å². The van der Waals surface area contributed by atoms with E-state index < -0.39 is 12.2 Å². The van der Waals surface area contributed by atoms with Crippen molar-refractivity contribution in [1.29, 1.82) is 0 Å². The maximum Gasteiger partial charge on any atom is 0.180 e. The third-order valence-electron chi connectivity index (χ3n) is 2.73. The summed E-state index contributed by atoms with van der Waals surface area (Å²) in [7, 11) is 0. The second-order valence-electron chi connectivity index (χ2n) is 3.54. The van der Waals surface area contributed by atoms with Gasteiger partial charge in [-0.2, -0.15) is 5.21 Å². The number of tetrazole rings is 1. The lowest BCUT2D eigenvalue weighted by Gasteiger charge is -2.13. The van der Waals surface area contributed by atoms with Crippen LogP contribution in [0.3, 0.4) is 0 Å². The Balaban J connectivity index is 2.16. The van der Waals surface area contributed by atoms with Crippen molar-refractivity contribution in [1.82, 2.24) is 20.6 Å². The molecule has 1 aliphatic carbocycles. The van der Waals surface area contributed by atoms with Crippen molar-refractivity contribution in [3.8, 4) is 0 Å². The van der Waals surface area contributed by atoms with Gasteiger partial charge >= 0.3 is 0 Å². The van der Waals surface area contributed by atoms with E-state index in [1.165, 1.54) is 0 Å². The summed E-state index contributed by atoms with van der Waals surface area (Å²) < 4.78 is 0. The quantitative estimate of drug-likeness (QED) is 0.439. The van der Waals surface area contributed by atoms with Gasteiger partial charge in [-0.3, -0.25) is 0 Å². The van der Waals surface area contributed by atoms with E-state index in [-0.39, 0.29) is 18.4 Å². The smallest absolute Gasteiger partial charge is 0.180 e. The molecule has 0 aliphatic heterocycles. The molecule has 4 atom stereocenters. The van der Waals surface area contributed by atoms with Gasteiger partial charge in [0.2, 0.25) is 0 Å². The van der Waals surface area contributed by atoms with Crippen LogP contribution in [0.25, 0.3) is 0 Å². The Kier molecular flexibility index (Phi) is 2.44. The molecule has 1 fully saturated rings. The second kappa shape index (κ2) is 3.60. The summed E-state index contributed by atoms with van der Waals surface area (Å²) in [6.45, 7) is -0.146. The Bertz CT molecular complexity index is 291. The van der Waals surface area contributed by atoms with Gasteiger partial charge in [0, 0.05) is 12.5 Å². The molecule has 78 valence electrons. The predicted octanol–water partition coefficient (Wildman–Crippen LogP) is -1.98. The highest BCUT2D eigenvalue weighted by Crippen LogP contribution is 2.36. The van der Waals surface area contributed by atoms with Gasteiger partial charge in [-0.1, -0.05) is 5.21 Å². The summed E-state index contributed by atoms with van der Waals surface area (Å²) in [5, 5.41) is 41.3. The van der Waals surface area contributed by atoms with Gasteiger partial charge in [-0.25, -0.2) is 0 Å². The molecule has 14 heavy (non-hydrogen) atoms. The van der Waals surface area contributed by atoms with E-state index in [0.29, 0.717) is 12.2 Å². The number of nitrogens with zero attached hydrogens (tertiary/aromatic N) is 3. The zero-order valence-corrected chi connectivity index (χ0v) is 7.41. The standard InChI is InChI=1S/C7H12N4O3/c12-2-3-1-4(6(14)5(3)13)7-8-10-11-9-7/h3-6,12-14H,1-2H2,(H,8,9,10,11). The first-order chi connectivity index (χ1) is 6.74. The highest BCUT2D eigenvalue weighted by atomic mass is 16.3. The molecule has 0 spiro atoms. The first-order valence-corrected chi connectivity index (χ1v) is 4.44. The van der Waals surface area contributed by atoms with Crippen LogP contribution in [-0.2, 0) is 0 Å². The molecule has 1 aliphatic rings. The highest BCUT2D eigenvalue weighted by Gasteiger charge is 2.43. The Morgan fingerprint density at radius 2 is 2.14 bits per heavy atom. The van der Waals surface area contributed by atoms with E-state index in [0.717, 1.165) is 0 Å². The van der Waals surface area contributed by atoms with Crippen molar-refractivity contribution in [3.63, 3.8) is 0 Å². The molecule has 4 unspecified atom stereocenters. The highest BCUT2D eigenvalue weighted by molar-refractivity contribution is 5.05. The molecule has 1 aromatic heterocycles. The number of aliphatic hydroxyl groups excluding tert-OH is 3. The summed E-state index contributed by atoms with van der Waals surface area (Å²) in [6, 6.07) is 0. The van der Waals surface area contributed by atoms with Gasteiger partial charge in [0.1, 0.15) is 0 Å². The Hall–Kier alpha value is -1.05. The monoisotopic (exact) mass is 200 g/mol. The van der Waals surface area contributed by atoms with Crippen LogP contribution in [0.2, 0.25) is 0 Å². The number of aromatic nitrogens is 4. The van der Waals surface area contributed by atoms with E-state index in [1.807, 2.05) is 0 Å². The molecule has 4 N–H and O–H groups in total. The van der Waals surface area contributed by atoms with Gasteiger partial charge in [0.05, 0.1) is 18.1 Å². The van der Waals surface area contributed by atoms with Gasteiger partial charge in [0.15, 0.2) is 5.82 Å². The Morgan fingerprint density at radius 1 is 1.36 bits per heavy atom. The molecule has 0 aromatic carbocycles. The van der Waals surface area contributed by atoms with E-state index in [2.05, 4.69) is 20.6 Å². The van der Waals surface area contributed by atoms with E-state index in [4.69, 9.17) is 5.11 Å². The van der Waals surface area contributed by atoms with Crippen molar-refractivity contribution < 1.29 is 15.3 Å². The fraction of sp³-hybridized carbons (Fsp3) is 0.857. The van der Waals surface area contributed by atoms with Crippen LogP contribution in [0.4, 0.5) is 0 Å². The molecule has 0 amide bonds. The normalized spacial score (nSPS) is 37.6. The molecule has 0 saturated heterocycles. The molecule has 7 nitrogen and oxygen atoms in total. The minimum absolute atomic E-state index is 0.146. The molecular weight excluding hydrogens is 188 g/mol. The lowest BCUT2D eigenvalue weighted by molar-refractivity contribution is 0.00168. The van der Waals surface area contributed by atoms with Crippen molar-refractivity contribution >= 4 is 0 Å². The minimum atomic E-state index is -0.926. The molecule has 1 aromatic rings. The number of rotatable bonds is 2. The molecule has 2 rings (SSSR count). The largest absolute Gasteiger partial charge is 0.396 e. The van der Waals surface area contributed by atoms with Crippen molar-refractivity contribution in [3.05, 3.63) is 5.82 Å². The maximum absolute atomic E-state index is 9.65. The third kappa shape index (κ3) is 1.39. The Labute approximate surface area is 79.8 Å². The lowest BCUT2D eigenvalue weighted by atomic mass is 10.0. The lowest BCUT2D eigenvalue weighted by Crippen LogP contribution is -2.29.